The lowest BCUT2D eigenvalue weighted by Crippen LogP contribution is -2.42. The van der Waals surface area contributed by atoms with Crippen LogP contribution in [0.4, 0.5) is 13.2 Å². The highest BCUT2D eigenvalue weighted by Gasteiger charge is 2.45. The largest absolute Gasteiger partial charge is 0.491 e. The summed E-state index contributed by atoms with van der Waals surface area (Å²) in [6, 6.07) is -0.896. The van der Waals surface area contributed by atoms with Crippen LogP contribution in [0.15, 0.2) is 12.2 Å². The number of rotatable bonds is 8. The van der Waals surface area contributed by atoms with E-state index in [2.05, 4.69) is 10.1 Å². The summed E-state index contributed by atoms with van der Waals surface area (Å²) in [6.07, 6.45) is 0.288. The molecule has 154 valence electrons. The van der Waals surface area contributed by atoms with Crippen LogP contribution >= 0.6 is 0 Å². The number of likely N-dealkylation sites (tertiary alicyclic amines) is 1. The van der Waals surface area contributed by atoms with Crippen molar-refractivity contribution in [2.24, 2.45) is 11.8 Å². The van der Waals surface area contributed by atoms with Gasteiger partial charge in [0.25, 0.3) is 0 Å². The Kier molecular flexibility index (Phi) is 8.95. The maximum Gasteiger partial charge on any atom is 0.491 e. The van der Waals surface area contributed by atoms with E-state index in [9.17, 15) is 27.6 Å². The van der Waals surface area contributed by atoms with E-state index in [1.807, 2.05) is 26.0 Å². The summed E-state index contributed by atoms with van der Waals surface area (Å²) in [5, 5.41) is 2.71. The third kappa shape index (κ3) is 7.70. The van der Waals surface area contributed by atoms with Crippen molar-refractivity contribution in [1.29, 1.82) is 0 Å². The molecule has 0 aromatic rings. The van der Waals surface area contributed by atoms with Crippen molar-refractivity contribution in [3.05, 3.63) is 12.2 Å². The Morgan fingerprint density at radius 1 is 1.33 bits per heavy atom. The van der Waals surface area contributed by atoms with E-state index >= 15 is 0 Å². The van der Waals surface area contributed by atoms with Crippen LogP contribution in [-0.4, -0.2) is 54.6 Å². The number of carbonyl (C=O) groups is 3. The minimum Gasteiger partial charge on any atom is -0.385 e. The van der Waals surface area contributed by atoms with Gasteiger partial charge < -0.3 is 10.1 Å². The van der Waals surface area contributed by atoms with Crippen LogP contribution < -0.4 is 5.32 Å². The number of ether oxygens (including phenoxy) is 1. The highest BCUT2D eigenvalue weighted by atomic mass is 19.4. The molecular formula is C18H27F3N2O4. The third-order valence-corrected chi connectivity index (χ3v) is 4.59. The first-order valence-corrected chi connectivity index (χ1v) is 9.02. The van der Waals surface area contributed by atoms with E-state index in [1.54, 1.807) is 4.90 Å². The van der Waals surface area contributed by atoms with Gasteiger partial charge in [-0.15, -0.1) is 0 Å². The van der Waals surface area contributed by atoms with E-state index in [-0.39, 0.29) is 17.7 Å². The number of esters is 2. The summed E-state index contributed by atoms with van der Waals surface area (Å²) >= 11 is 0. The minimum absolute atomic E-state index is 0.00129. The van der Waals surface area contributed by atoms with E-state index < -0.39 is 24.2 Å². The second-order valence-electron chi connectivity index (χ2n) is 6.74. The molecule has 1 aliphatic rings. The summed E-state index contributed by atoms with van der Waals surface area (Å²) in [7, 11) is 0. The lowest BCUT2D eigenvalue weighted by Gasteiger charge is -2.27. The molecule has 9 heteroatoms. The summed E-state index contributed by atoms with van der Waals surface area (Å²) in [4.78, 5) is 35.9. The first kappa shape index (κ1) is 23.1. The molecule has 1 saturated heterocycles. The number of allylic oxidation sites excluding steroid dienone is 1. The number of hydrogen-bond acceptors (Lipinski definition) is 5. The molecule has 0 aromatic heterocycles. The molecule has 0 spiro atoms. The molecule has 3 atom stereocenters. The minimum atomic E-state index is -5.20. The summed E-state index contributed by atoms with van der Waals surface area (Å²) in [5.74, 6) is -3.64. The van der Waals surface area contributed by atoms with Crippen LogP contribution in [0.1, 0.15) is 40.0 Å². The van der Waals surface area contributed by atoms with Gasteiger partial charge >= 0.3 is 18.1 Å². The predicted molar refractivity (Wildman–Crippen MR) is 92.5 cm³/mol. The number of nitrogens with zero attached hydrogens (tertiary/aromatic N) is 1. The van der Waals surface area contributed by atoms with Crippen LogP contribution in [0.2, 0.25) is 0 Å². The fraction of sp³-hybridized carbons (Fsp3) is 0.722. The van der Waals surface area contributed by atoms with Crippen molar-refractivity contribution in [2.75, 3.05) is 19.6 Å². The Labute approximate surface area is 157 Å². The van der Waals surface area contributed by atoms with E-state index in [0.717, 1.165) is 6.42 Å². The average Bonchev–Trinajstić information content (AvgIpc) is 2.95. The number of alkyl halides is 3. The van der Waals surface area contributed by atoms with Gasteiger partial charge in [-0.25, -0.2) is 9.59 Å². The normalized spacial score (nSPS) is 22.0. The zero-order valence-corrected chi connectivity index (χ0v) is 15.8. The maximum absolute atomic E-state index is 12.4. The highest BCUT2D eigenvalue weighted by Crippen LogP contribution is 2.28. The molecule has 1 aliphatic heterocycles. The molecule has 1 rings (SSSR count). The zero-order chi connectivity index (χ0) is 20.6. The third-order valence-electron chi connectivity index (χ3n) is 4.59. The Morgan fingerprint density at radius 2 is 2.00 bits per heavy atom. The van der Waals surface area contributed by atoms with E-state index in [0.29, 0.717) is 32.5 Å². The van der Waals surface area contributed by atoms with Crippen molar-refractivity contribution in [3.8, 4) is 0 Å². The first-order chi connectivity index (χ1) is 12.6. The molecule has 1 heterocycles. The Hall–Kier alpha value is -1.90. The number of amides is 1. The fourth-order valence-corrected chi connectivity index (χ4v) is 3.22. The van der Waals surface area contributed by atoms with Crippen LogP contribution in [0, 0.1) is 11.8 Å². The molecule has 0 aliphatic carbocycles. The van der Waals surface area contributed by atoms with Gasteiger partial charge in [0.1, 0.15) is 6.04 Å². The summed E-state index contributed by atoms with van der Waals surface area (Å²) in [5.41, 5.74) is 0. The summed E-state index contributed by atoms with van der Waals surface area (Å²) in [6.45, 7) is 6.68. The number of halogens is 3. The van der Waals surface area contributed by atoms with Gasteiger partial charge in [0.2, 0.25) is 5.91 Å². The number of carbonyl (C=O) groups excluding carboxylic acids is 3. The van der Waals surface area contributed by atoms with Crippen molar-refractivity contribution >= 4 is 17.8 Å². The molecule has 0 aromatic carbocycles. The molecule has 0 saturated carbocycles. The topological polar surface area (TPSA) is 75.7 Å². The van der Waals surface area contributed by atoms with Crippen molar-refractivity contribution in [2.45, 2.75) is 52.3 Å². The van der Waals surface area contributed by atoms with E-state index in [1.165, 1.54) is 6.92 Å². The molecule has 1 N–H and O–H groups in total. The van der Waals surface area contributed by atoms with Gasteiger partial charge in [-0.2, -0.15) is 13.2 Å². The molecule has 2 unspecified atom stereocenters. The molecule has 0 bridgehead atoms. The lowest BCUT2D eigenvalue weighted by molar-refractivity contribution is -0.203. The SMILES string of the molecule is CC=CC1CC(C(=O)OC(=O)C(F)(F)F)N(C[C@H](CC)CCNC(C)=O)C1. The van der Waals surface area contributed by atoms with Crippen molar-refractivity contribution in [1.82, 2.24) is 10.2 Å². The molecule has 1 fully saturated rings. The Balaban J connectivity index is 2.78. The Bertz CT molecular complexity index is 563. The molecule has 6 nitrogen and oxygen atoms in total. The van der Waals surface area contributed by atoms with Crippen LogP contribution in [0.25, 0.3) is 0 Å². The Morgan fingerprint density at radius 3 is 2.52 bits per heavy atom. The van der Waals surface area contributed by atoms with Gasteiger partial charge in [-0.05, 0) is 31.6 Å². The zero-order valence-electron chi connectivity index (χ0n) is 15.8. The van der Waals surface area contributed by atoms with Crippen LogP contribution in [0.3, 0.4) is 0 Å². The van der Waals surface area contributed by atoms with Crippen LogP contribution in [-0.2, 0) is 19.1 Å². The molecule has 1 amide bonds. The first-order valence-electron chi connectivity index (χ1n) is 9.02. The predicted octanol–water partition coefficient (Wildman–Crippen LogP) is 2.44. The second-order valence-corrected chi connectivity index (χ2v) is 6.74. The standard InChI is InChI=1S/C18H27F3N2O4/c1-4-6-14-9-15(16(25)27-17(26)18(19,20)21)23(11-14)10-13(5-2)7-8-22-12(3)24/h4,6,13-15H,5,7-11H2,1-3H3,(H,22,24)/t13-,14?,15?/m1/s1. The number of hydrogen-bond donors (Lipinski definition) is 1. The van der Waals surface area contributed by atoms with Gasteiger partial charge in [0.15, 0.2) is 0 Å². The highest BCUT2D eigenvalue weighted by molar-refractivity contribution is 5.91. The molecular weight excluding hydrogens is 365 g/mol. The van der Waals surface area contributed by atoms with Gasteiger partial charge in [0.05, 0.1) is 0 Å². The lowest BCUT2D eigenvalue weighted by atomic mass is 10.0. The van der Waals surface area contributed by atoms with Crippen molar-refractivity contribution < 1.29 is 32.3 Å². The summed E-state index contributed by atoms with van der Waals surface area (Å²) < 4.78 is 41.2. The van der Waals surface area contributed by atoms with E-state index in [4.69, 9.17) is 0 Å². The van der Waals surface area contributed by atoms with Crippen molar-refractivity contribution in [3.63, 3.8) is 0 Å². The fourth-order valence-electron chi connectivity index (χ4n) is 3.22. The monoisotopic (exact) mass is 392 g/mol. The second kappa shape index (κ2) is 10.4. The maximum atomic E-state index is 12.4. The quantitative estimate of drug-likeness (QED) is 0.390. The smallest absolute Gasteiger partial charge is 0.385 e. The van der Waals surface area contributed by atoms with Gasteiger partial charge in [0, 0.05) is 26.6 Å². The molecule has 27 heavy (non-hydrogen) atoms. The molecule has 0 radical (unpaired) electrons. The van der Waals surface area contributed by atoms with Crippen LogP contribution in [0.5, 0.6) is 0 Å². The van der Waals surface area contributed by atoms with Gasteiger partial charge in [-0.1, -0.05) is 25.5 Å². The van der Waals surface area contributed by atoms with Gasteiger partial charge in [-0.3, -0.25) is 9.69 Å². The number of nitrogens with one attached hydrogen (secondary N) is 1. The average molecular weight is 392 g/mol.